The standard InChI is InChI=1S/C15H11ClN2OS/c1-19-11-6-7-13-14(8-11)20-15(18-13)17-9-10-4-2-3-5-12(10)16/h2-9H,1H3/b17-9+. The van der Waals surface area contributed by atoms with Gasteiger partial charge in [-0.1, -0.05) is 41.1 Å². The van der Waals surface area contributed by atoms with Crippen LogP contribution in [0.25, 0.3) is 10.2 Å². The van der Waals surface area contributed by atoms with Crippen LogP contribution in [0.3, 0.4) is 0 Å². The van der Waals surface area contributed by atoms with Crippen molar-refractivity contribution >= 4 is 44.5 Å². The van der Waals surface area contributed by atoms with Crippen molar-refractivity contribution in [3.05, 3.63) is 53.1 Å². The predicted octanol–water partition coefficient (Wildman–Crippen LogP) is 4.71. The summed E-state index contributed by atoms with van der Waals surface area (Å²) in [5.41, 5.74) is 1.80. The Bertz CT molecular complexity index is 782. The van der Waals surface area contributed by atoms with Gasteiger partial charge < -0.3 is 4.74 Å². The van der Waals surface area contributed by atoms with E-state index < -0.39 is 0 Å². The summed E-state index contributed by atoms with van der Waals surface area (Å²) in [6.45, 7) is 0. The van der Waals surface area contributed by atoms with Crippen LogP contribution in [0.15, 0.2) is 47.5 Å². The number of fused-ring (bicyclic) bond motifs is 1. The van der Waals surface area contributed by atoms with Crippen molar-refractivity contribution in [1.82, 2.24) is 4.98 Å². The van der Waals surface area contributed by atoms with Gasteiger partial charge >= 0.3 is 0 Å². The second-order valence-electron chi connectivity index (χ2n) is 4.11. The number of aliphatic imine (C=N–C) groups is 1. The molecule has 0 fully saturated rings. The lowest BCUT2D eigenvalue weighted by molar-refractivity contribution is 0.415. The first kappa shape index (κ1) is 13.1. The van der Waals surface area contributed by atoms with Crippen molar-refractivity contribution in [2.24, 2.45) is 4.99 Å². The monoisotopic (exact) mass is 302 g/mol. The normalized spacial score (nSPS) is 11.3. The molecule has 3 aromatic rings. The average molecular weight is 303 g/mol. The second kappa shape index (κ2) is 5.61. The van der Waals surface area contributed by atoms with Gasteiger partial charge in [-0.15, -0.1) is 0 Å². The summed E-state index contributed by atoms with van der Waals surface area (Å²) >= 11 is 7.60. The molecular weight excluding hydrogens is 292 g/mol. The number of thiazole rings is 1. The SMILES string of the molecule is COc1ccc2nc(/N=C/c3ccccc3Cl)sc2c1. The number of halogens is 1. The van der Waals surface area contributed by atoms with E-state index in [9.17, 15) is 0 Å². The first-order valence-electron chi connectivity index (χ1n) is 5.99. The van der Waals surface area contributed by atoms with Crippen LogP contribution in [0.2, 0.25) is 5.02 Å². The van der Waals surface area contributed by atoms with E-state index in [1.54, 1.807) is 13.3 Å². The molecule has 0 aliphatic heterocycles. The van der Waals surface area contributed by atoms with Gasteiger partial charge in [0.05, 0.1) is 17.3 Å². The van der Waals surface area contributed by atoms with Crippen LogP contribution in [0, 0.1) is 0 Å². The van der Waals surface area contributed by atoms with E-state index >= 15 is 0 Å². The highest BCUT2D eigenvalue weighted by Crippen LogP contribution is 2.30. The number of benzene rings is 2. The fraction of sp³-hybridized carbons (Fsp3) is 0.0667. The van der Waals surface area contributed by atoms with E-state index in [0.717, 1.165) is 21.5 Å². The van der Waals surface area contributed by atoms with E-state index in [1.165, 1.54) is 11.3 Å². The Morgan fingerprint density at radius 2 is 2.10 bits per heavy atom. The van der Waals surface area contributed by atoms with Crippen LogP contribution in [-0.4, -0.2) is 18.3 Å². The highest BCUT2D eigenvalue weighted by Gasteiger charge is 2.04. The average Bonchev–Trinajstić information content (AvgIpc) is 2.88. The molecule has 0 amide bonds. The lowest BCUT2D eigenvalue weighted by atomic mass is 10.2. The molecule has 0 aliphatic carbocycles. The number of nitrogens with zero attached hydrogens (tertiary/aromatic N) is 2. The van der Waals surface area contributed by atoms with Crippen LogP contribution in [-0.2, 0) is 0 Å². The van der Waals surface area contributed by atoms with Crippen molar-refractivity contribution in [2.75, 3.05) is 7.11 Å². The maximum Gasteiger partial charge on any atom is 0.210 e. The number of hydrogen-bond donors (Lipinski definition) is 0. The smallest absolute Gasteiger partial charge is 0.210 e. The number of aromatic nitrogens is 1. The summed E-state index contributed by atoms with van der Waals surface area (Å²) in [6.07, 6.45) is 1.73. The van der Waals surface area contributed by atoms with Gasteiger partial charge in [-0.2, -0.15) is 0 Å². The third-order valence-electron chi connectivity index (χ3n) is 2.80. The van der Waals surface area contributed by atoms with Gasteiger partial charge in [-0.3, -0.25) is 0 Å². The lowest BCUT2D eigenvalue weighted by Gasteiger charge is -1.96. The molecule has 0 bridgehead atoms. The Morgan fingerprint density at radius 1 is 1.25 bits per heavy atom. The summed E-state index contributed by atoms with van der Waals surface area (Å²) in [4.78, 5) is 8.84. The van der Waals surface area contributed by atoms with Crippen molar-refractivity contribution in [3.8, 4) is 5.75 Å². The van der Waals surface area contributed by atoms with Crippen molar-refractivity contribution in [1.29, 1.82) is 0 Å². The third kappa shape index (κ3) is 2.66. The Hall–Kier alpha value is -1.91. The minimum atomic E-state index is 0.680. The van der Waals surface area contributed by atoms with Gasteiger partial charge in [0.25, 0.3) is 0 Å². The van der Waals surface area contributed by atoms with Crippen LogP contribution in [0.1, 0.15) is 5.56 Å². The Labute approximate surface area is 125 Å². The van der Waals surface area contributed by atoms with E-state index in [2.05, 4.69) is 9.98 Å². The van der Waals surface area contributed by atoms with E-state index in [4.69, 9.17) is 16.3 Å². The van der Waals surface area contributed by atoms with Gasteiger partial charge in [0.1, 0.15) is 5.75 Å². The molecule has 3 rings (SSSR count). The highest BCUT2D eigenvalue weighted by molar-refractivity contribution is 7.22. The van der Waals surface area contributed by atoms with Crippen molar-refractivity contribution in [2.45, 2.75) is 0 Å². The van der Waals surface area contributed by atoms with E-state index in [-0.39, 0.29) is 0 Å². The maximum absolute atomic E-state index is 6.08. The first-order chi connectivity index (χ1) is 9.76. The zero-order chi connectivity index (χ0) is 13.9. The predicted molar refractivity (Wildman–Crippen MR) is 84.9 cm³/mol. The van der Waals surface area contributed by atoms with Crippen LogP contribution >= 0.6 is 22.9 Å². The van der Waals surface area contributed by atoms with Crippen LogP contribution in [0.5, 0.6) is 5.75 Å². The maximum atomic E-state index is 6.08. The fourth-order valence-corrected chi connectivity index (χ4v) is 2.80. The molecule has 20 heavy (non-hydrogen) atoms. The fourth-order valence-electron chi connectivity index (χ4n) is 1.78. The second-order valence-corrected chi connectivity index (χ2v) is 5.53. The molecule has 0 spiro atoms. The molecule has 3 nitrogen and oxygen atoms in total. The number of hydrogen-bond acceptors (Lipinski definition) is 4. The Morgan fingerprint density at radius 3 is 2.90 bits per heavy atom. The van der Waals surface area contributed by atoms with Gasteiger partial charge in [0, 0.05) is 16.8 Å². The molecule has 2 aromatic carbocycles. The molecule has 0 aliphatic rings. The molecule has 5 heteroatoms. The topological polar surface area (TPSA) is 34.5 Å². The molecule has 0 N–H and O–H groups in total. The largest absolute Gasteiger partial charge is 0.497 e. The molecule has 1 aromatic heterocycles. The molecule has 0 atom stereocenters. The molecule has 100 valence electrons. The van der Waals surface area contributed by atoms with E-state index in [0.29, 0.717) is 10.2 Å². The number of ether oxygens (including phenoxy) is 1. The Balaban J connectivity index is 1.93. The molecule has 0 saturated heterocycles. The van der Waals surface area contributed by atoms with Crippen LogP contribution < -0.4 is 4.74 Å². The number of rotatable bonds is 3. The zero-order valence-corrected chi connectivity index (χ0v) is 12.3. The molecule has 1 heterocycles. The molecule has 0 radical (unpaired) electrons. The summed E-state index contributed by atoms with van der Waals surface area (Å²) in [5, 5.41) is 1.38. The van der Waals surface area contributed by atoms with Gasteiger partial charge in [0.2, 0.25) is 5.13 Å². The molecule has 0 saturated carbocycles. The zero-order valence-electron chi connectivity index (χ0n) is 10.7. The highest BCUT2D eigenvalue weighted by atomic mass is 35.5. The lowest BCUT2D eigenvalue weighted by Crippen LogP contribution is -1.81. The van der Waals surface area contributed by atoms with Crippen molar-refractivity contribution in [3.63, 3.8) is 0 Å². The summed E-state index contributed by atoms with van der Waals surface area (Å²) in [5.74, 6) is 0.822. The van der Waals surface area contributed by atoms with Crippen LogP contribution in [0.4, 0.5) is 5.13 Å². The minimum Gasteiger partial charge on any atom is -0.497 e. The molecular formula is C15H11ClN2OS. The van der Waals surface area contributed by atoms with Gasteiger partial charge in [-0.25, -0.2) is 9.98 Å². The third-order valence-corrected chi connectivity index (χ3v) is 4.07. The summed E-state index contributed by atoms with van der Waals surface area (Å²) in [7, 11) is 1.65. The first-order valence-corrected chi connectivity index (χ1v) is 7.19. The van der Waals surface area contributed by atoms with E-state index in [1.807, 2.05) is 42.5 Å². The van der Waals surface area contributed by atoms with Gasteiger partial charge in [-0.05, 0) is 24.3 Å². The van der Waals surface area contributed by atoms with Crippen molar-refractivity contribution < 1.29 is 4.74 Å². The summed E-state index contributed by atoms with van der Waals surface area (Å²) < 4.78 is 6.25. The quantitative estimate of drug-likeness (QED) is 0.657. The Kier molecular flexibility index (Phi) is 3.67. The van der Waals surface area contributed by atoms with Gasteiger partial charge in [0.15, 0.2) is 0 Å². The number of methoxy groups -OCH3 is 1. The summed E-state index contributed by atoms with van der Waals surface area (Å²) in [6, 6.07) is 13.4. The molecule has 0 unspecified atom stereocenters. The minimum absolute atomic E-state index is 0.680.